The fourth-order valence-electron chi connectivity index (χ4n) is 1.04. The average Bonchev–Trinajstić information content (AvgIpc) is 2.03. The lowest BCUT2D eigenvalue weighted by molar-refractivity contribution is 0.748. The third-order valence-electron chi connectivity index (χ3n) is 1.68. The summed E-state index contributed by atoms with van der Waals surface area (Å²) in [5.74, 6) is 0.726. The fourth-order valence-corrected chi connectivity index (χ4v) is 1.04. The minimum absolute atomic E-state index is 0.689. The second-order valence-corrected chi connectivity index (χ2v) is 2.78. The van der Waals surface area contributed by atoms with Crippen molar-refractivity contribution in [3.05, 3.63) is 17.2 Å². The van der Waals surface area contributed by atoms with E-state index in [0.29, 0.717) is 6.54 Å². The van der Waals surface area contributed by atoms with Crippen molar-refractivity contribution >= 4 is 0 Å². The van der Waals surface area contributed by atoms with Crippen molar-refractivity contribution in [2.45, 2.75) is 26.7 Å². The van der Waals surface area contributed by atoms with Gasteiger partial charge in [-0.15, -0.1) is 5.10 Å². The molecule has 4 heteroatoms. The summed E-state index contributed by atoms with van der Waals surface area (Å²) in [4.78, 5) is 4.21. The van der Waals surface area contributed by atoms with E-state index < -0.39 is 0 Å². The molecule has 1 rings (SSSR count). The average molecular weight is 166 g/mol. The lowest BCUT2D eigenvalue weighted by Gasteiger charge is -2.01. The molecule has 0 saturated carbocycles. The van der Waals surface area contributed by atoms with Crippen molar-refractivity contribution in [2.75, 3.05) is 6.54 Å². The van der Waals surface area contributed by atoms with Gasteiger partial charge in [-0.05, 0) is 33.2 Å². The first-order valence-corrected chi connectivity index (χ1v) is 4.11. The third-order valence-corrected chi connectivity index (χ3v) is 1.68. The molecule has 0 spiro atoms. The molecule has 12 heavy (non-hydrogen) atoms. The molecule has 0 aromatic carbocycles. The molecule has 0 unspecified atom stereocenters. The van der Waals surface area contributed by atoms with Gasteiger partial charge in [-0.3, -0.25) is 0 Å². The van der Waals surface area contributed by atoms with Crippen LogP contribution in [0.1, 0.15) is 23.6 Å². The van der Waals surface area contributed by atoms with Gasteiger partial charge in [0.05, 0.1) is 11.4 Å². The largest absolute Gasteiger partial charge is 0.330 e. The highest BCUT2D eigenvalue weighted by molar-refractivity contribution is 5.07. The Morgan fingerprint density at radius 1 is 1.25 bits per heavy atom. The highest BCUT2D eigenvalue weighted by Gasteiger charge is 2.01. The molecule has 0 fully saturated rings. The number of nitrogens with two attached hydrogens (primary N) is 1. The van der Waals surface area contributed by atoms with E-state index in [1.54, 1.807) is 0 Å². The van der Waals surface area contributed by atoms with Crippen LogP contribution in [-0.4, -0.2) is 21.7 Å². The molecule has 1 aromatic heterocycles. The van der Waals surface area contributed by atoms with E-state index in [1.807, 2.05) is 13.8 Å². The van der Waals surface area contributed by atoms with Crippen LogP contribution in [0.5, 0.6) is 0 Å². The Morgan fingerprint density at radius 3 is 2.58 bits per heavy atom. The van der Waals surface area contributed by atoms with E-state index in [-0.39, 0.29) is 0 Å². The van der Waals surface area contributed by atoms with Gasteiger partial charge in [-0.25, -0.2) is 4.98 Å². The predicted molar refractivity (Wildman–Crippen MR) is 46.7 cm³/mol. The summed E-state index contributed by atoms with van der Waals surface area (Å²) in [5.41, 5.74) is 7.32. The van der Waals surface area contributed by atoms with Crippen LogP contribution in [0.3, 0.4) is 0 Å². The normalized spacial score (nSPS) is 10.2. The molecule has 1 aromatic rings. The summed E-state index contributed by atoms with van der Waals surface area (Å²) < 4.78 is 0. The van der Waals surface area contributed by atoms with Gasteiger partial charge < -0.3 is 5.73 Å². The monoisotopic (exact) mass is 166 g/mol. The topological polar surface area (TPSA) is 64.7 Å². The molecule has 0 aliphatic carbocycles. The number of rotatable bonds is 3. The number of nitrogens with zero attached hydrogens (tertiary/aromatic N) is 3. The van der Waals surface area contributed by atoms with Crippen LogP contribution in [0.4, 0.5) is 0 Å². The molecule has 2 N–H and O–H groups in total. The van der Waals surface area contributed by atoms with Crippen molar-refractivity contribution in [1.29, 1.82) is 0 Å². The number of hydrogen-bond donors (Lipinski definition) is 1. The second kappa shape index (κ2) is 4.11. The Labute approximate surface area is 72.2 Å². The standard InChI is InChI=1S/C8H14N4/c1-6-8(4-3-5-9)12-11-7(2)10-6/h3-5,9H2,1-2H3. The van der Waals surface area contributed by atoms with Crippen molar-refractivity contribution in [2.24, 2.45) is 5.73 Å². The van der Waals surface area contributed by atoms with Crippen molar-refractivity contribution in [3.63, 3.8) is 0 Å². The summed E-state index contributed by atoms with van der Waals surface area (Å²) in [7, 11) is 0. The summed E-state index contributed by atoms with van der Waals surface area (Å²) >= 11 is 0. The summed E-state index contributed by atoms with van der Waals surface area (Å²) in [6.45, 7) is 4.48. The maximum Gasteiger partial charge on any atom is 0.148 e. The van der Waals surface area contributed by atoms with E-state index in [0.717, 1.165) is 30.1 Å². The number of hydrogen-bond acceptors (Lipinski definition) is 4. The van der Waals surface area contributed by atoms with Crippen molar-refractivity contribution in [1.82, 2.24) is 15.2 Å². The Morgan fingerprint density at radius 2 is 2.00 bits per heavy atom. The first kappa shape index (κ1) is 9.06. The molecule has 1 heterocycles. The van der Waals surface area contributed by atoms with Gasteiger partial charge in [0.15, 0.2) is 0 Å². The van der Waals surface area contributed by atoms with Crippen LogP contribution in [0.25, 0.3) is 0 Å². The molecule has 0 bridgehead atoms. The van der Waals surface area contributed by atoms with Gasteiger partial charge in [0.25, 0.3) is 0 Å². The number of aryl methyl sites for hydroxylation is 3. The first-order chi connectivity index (χ1) is 5.74. The van der Waals surface area contributed by atoms with Gasteiger partial charge in [0.1, 0.15) is 5.82 Å². The van der Waals surface area contributed by atoms with E-state index >= 15 is 0 Å². The van der Waals surface area contributed by atoms with Gasteiger partial charge in [-0.2, -0.15) is 5.10 Å². The number of aromatic nitrogens is 3. The lowest BCUT2D eigenvalue weighted by atomic mass is 10.2. The zero-order valence-corrected chi connectivity index (χ0v) is 7.54. The molecule has 0 atom stereocenters. The van der Waals surface area contributed by atoms with Gasteiger partial charge >= 0.3 is 0 Å². The van der Waals surface area contributed by atoms with Crippen LogP contribution in [0, 0.1) is 13.8 Å². The van der Waals surface area contributed by atoms with Crippen LogP contribution in [-0.2, 0) is 6.42 Å². The molecule has 0 aliphatic heterocycles. The van der Waals surface area contributed by atoms with Crippen molar-refractivity contribution in [3.8, 4) is 0 Å². The highest BCUT2D eigenvalue weighted by atomic mass is 15.2. The van der Waals surface area contributed by atoms with Crippen LogP contribution >= 0.6 is 0 Å². The first-order valence-electron chi connectivity index (χ1n) is 4.11. The van der Waals surface area contributed by atoms with Gasteiger partial charge in [0.2, 0.25) is 0 Å². The minimum Gasteiger partial charge on any atom is -0.330 e. The van der Waals surface area contributed by atoms with Gasteiger partial charge in [0, 0.05) is 0 Å². The van der Waals surface area contributed by atoms with Gasteiger partial charge in [-0.1, -0.05) is 0 Å². The Bertz CT molecular complexity index is 259. The zero-order chi connectivity index (χ0) is 8.97. The molecule has 0 aliphatic rings. The fraction of sp³-hybridized carbons (Fsp3) is 0.625. The molecule has 0 radical (unpaired) electrons. The lowest BCUT2D eigenvalue weighted by Crippen LogP contribution is -2.06. The molecule has 0 saturated heterocycles. The summed E-state index contributed by atoms with van der Waals surface area (Å²) in [5, 5.41) is 7.94. The van der Waals surface area contributed by atoms with Crippen LogP contribution in [0.2, 0.25) is 0 Å². The Balaban J connectivity index is 2.72. The van der Waals surface area contributed by atoms with Crippen LogP contribution < -0.4 is 5.73 Å². The SMILES string of the molecule is Cc1nnc(CCCN)c(C)n1. The van der Waals surface area contributed by atoms with E-state index in [4.69, 9.17) is 5.73 Å². The third kappa shape index (κ3) is 2.23. The maximum absolute atomic E-state index is 5.39. The predicted octanol–water partition coefficient (Wildman–Crippen LogP) is 0.380. The minimum atomic E-state index is 0.689. The molecule has 0 amide bonds. The quantitative estimate of drug-likeness (QED) is 0.705. The maximum atomic E-state index is 5.39. The Kier molecular flexibility index (Phi) is 3.10. The Hall–Kier alpha value is -1.03. The smallest absolute Gasteiger partial charge is 0.148 e. The molecular weight excluding hydrogens is 152 g/mol. The van der Waals surface area contributed by atoms with E-state index in [2.05, 4.69) is 15.2 Å². The van der Waals surface area contributed by atoms with E-state index in [9.17, 15) is 0 Å². The zero-order valence-electron chi connectivity index (χ0n) is 7.54. The second-order valence-electron chi connectivity index (χ2n) is 2.78. The van der Waals surface area contributed by atoms with Crippen LogP contribution in [0.15, 0.2) is 0 Å². The summed E-state index contributed by atoms with van der Waals surface area (Å²) in [6, 6.07) is 0. The van der Waals surface area contributed by atoms with E-state index in [1.165, 1.54) is 0 Å². The highest BCUT2D eigenvalue weighted by Crippen LogP contribution is 2.02. The molecule has 66 valence electrons. The summed E-state index contributed by atoms with van der Waals surface area (Å²) in [6.07, 6.45) is 1.82. The molecular formula is C8H14N4. The molecule has 4 nitrogen and oxygen atoms in total. The van der Waals surface area contributed by atoms with Crippen molar-refractivity contribution < 1.29 is 0 Å².